The smallest absolute Gasteiger partial charge is 0.330 e. The Bertz CT molecular complexity index is 256. The van der Waals surface area contributed by atoms with Crippen molar-refractivity contribution in [2.75, 3.05) is 6.61 Å². The molecule has 0 bridgehead atoms. The van der Waals surface area contributed by atoms with Gasteiger partial charge in [0.05, 0.1) is 6.61 Å². The van der Waals surface area contributed by atoms with Crippen LogP contribution in [0.5, 0.6) is 0 Å². The van der Waals surface area contributed by atoms with E-state index in [0.717, 1.165) is 6.08 Å². The maximum atomic E-state index is 10.7. The first-order chi connectivity index (χ1) is 6.93. The topological polar surface area (TPSA) is 75.6 Å². The zero-order valence-electron chi connectivity index (χ0n) is 8.99. The van der Waals surface area contributed by atoms with Gasteiger partial charge in [0.1, 0.15) is 0 Å². The second kappa shape index (κ2) is 6.71. The van der Waals surface area contributed by atoms with Gasteiger partial charge in [0.25, 0.3) is 0 Å². The Hall–Kier alpha value is -0.720. The maximum Gasteiger partial charge on any atom is 0.330 e. The first-order valence-corrected chi connectivity index (χ1v) is 5.72. The van der Waals surface area contributed by atoms with E-state index in [4.69, 9.17) is 9.29 Å². The van der Waals surface area contributed by atoms with Crippen LogP contribution in [0.2, 0.25) is 0 Å². The molecule has 2 atom stereocenters. The molecule has 15 heavy (non-hydrogen) atoms. The summed E-state index contributed by atoms with van der Waals surface area (Å²) in [6, 6.07) is 0. The van der Waals surface area contributed by atoms with Crippen molar-refractivity contribution in [1.29, 1.82) is 0 Å². The van der Waals surface area contributed by atoms with E-state index < -0.39 is 22.8 Å². The Balaban J connectivity index is 4.03. The van der Waals surface area contributed by atoms with Crippen molar-refractivity contribution in [3.63, 3.8) is 0 Å². The molecule has 0 saturated heterocycles. The predicted molar refractivity (Wildman–Crippen MR) is 58.4 cm³/mol. The Labute approximate surface area is 92.3 Å². The van der Waals surface area contributed by atoms with Gasteiger partial charge < -0.3 is 4.74 Å². The van der Waals surface area contributed by atoms with Crippen LogP contribution >= 0.6 is 0 Å². The van der Waals surface area contributed by atoms with Crippen molar-refractivity contribution in [3.05, 3.63) is 12.7 Å². The fourth-order valence-corrected chi connectivity index (χ4v) is 1.61. The van der Waals surface area contributed by atoms with E-state index in [-0.39, 0.29) is 6.61 Å². The fourth-order valence-electron chi connectivity index (χ4n) is 0.947. The first kappa shape index (κ1) is 14.3. The van der Waals surface area contributed by atoms with Gasteiger partial charge in [0, 0.05) is 18.0 Å². The van der Waals surface area contributed by atoms with Gasteiger partial charge in [-0.25, -0.2) is 13.7 Å². The maximum absolute atomic E-state index is 10.7. The van der Waals surface area contributed by atoms with Crippen molar-refractivity contribution in [1.82, 2.24) is 4.72 Å². The molecular formula is C9H17NO4S. The van der Waals surface area contributed by atoms with Crippen molar-refractivity contribution in [2.45, 2.75) is 32.2 Å². The molecule has 0 radical (unpaired) electrons. The van der Waals surface area contributed by atoms with Crippen LogP contribution in [0.25, 0.3) is 0 Å². The summed E-state index contributed by atoms with van der Waals surface area (Å²) in [5.74, 6) is -0.487. The zero-order valence-corrected chi connectivity index (χ0v) is 9.80. The van der Waals surface area contributed by atoms with Crippen molar-refractivity contribution >= 4 is 17.2 Å². The second-order valence-electron chi connectivity index (χ2n) is 3.39. The van der Waals surface area contributed by atoms with Crippen LogP contribution in [0.1, 0.15) is 26.7 Å². The molecule has 0 rings (SSSR count). The van der Waals surface area contributed by atoms with Crippen LogP contribution in [0.4, 0.5) is 0 Å². The van der Waals surface area contributed by atoms with Gasteiger partial charge in [-0.2, -0.15) is 0 Å². The number of carbonyl (C=O) groups excluding carboxylic acids is 1. The van der Waals surface area contributed by atoms with Crippen LogP contribution in [0.3, 0.4) is 0 Å². The van der Waals surface area contributed by atoms with Crippen LogP contribution in [-0.4, -0.2) is 26.9 Å². The van der Waals surface area contributed by atoms with Gasteiger partial charge in [-0.15, -0.1) is 0 Å². The summed E-state index contributed by atoms with van der Waals surface area (Å²) in [5.41, 5.74) is -0.513. The zero-order chi connectivity index (χ0) is 11.9. The summed E-state index contributed by atoms with van der Waals surface area (Å²) < 4.78 is 26.6. The summed E-state index contributed by atoms with van der Waals surface area (Å²) in [6.07, 6.45) is 2.21. The van der Waals surface area contributed by atoms with Gasteiger partial charge in [-0.1, -0.05) is 13.5 Å². The number of hydrogen-bond acceptors (Lipinski definition) is 3. The van der Waals surface area contributed by atoms with Gasteiger partial charge in [-0.3, -0.25) is 4.55 Å². The number of ether oxygens (including phenoxy) is 1. The van der Waals surface area contributed by atoms with Gasteiger partial charge in [0.2, 0.25) is 11.3 Å². The standard InChI is InChI=1S/C9H17NO4S/c1-4-8(11)14-7-6-9(3,5-2)10-15(12)13/h4,10H,1,5-7H2,2-3H3,(H,12,13). The first-order valence-electron chi connectivity index (χ1n) is 4.61. The lowest BCUT2D eigenvalue weighted by molar-refractivity contribution is -0.138. The molecule has 0 aromatic carbocycles. The minimum Gasteiger partial charge on any atom is -0.462 e. The van der Waals surface area contributed by atoms with E-state index >= 15 is 0 Å². The van der Waals surface area contributed by atoms with E-state index in [1.807, 2.05) is 6.92 Å². The van der Waals surface area contributed by atoms with E-state index in [1.54, 1.807) is 6.92 Å². The fraction of sp³-hybridized carbons (Fsp3) is 0.667. The summed E-state index contributed by atoms with van der Waals surface area (Å²) in [7, 11) is 0. The molecule has 0 aromatic rings. The molecule has 0 heterocycles. The average Bonchev–Trinajstić information content (AvgIpc) is 2.16. The van der Waals surface area contributed by atoms with Crippen molar-refractivity contribution in [2.24, 2.45) is 0 Å². The van der Waals surface area contributed by atoms with Crippen LogP contribution in [0, 0.1) is 0 Å². The quantitative estimate of drug-likeness (QED) is 0.392. The molecule has 0 spiro atoms. The monoisotopic (exact) mass is 235 g/mol. The highest BCUT2D eigenvalue weighted by Crippen LogP contribution is 2.14. The molecule has 0 saturated carbocycles. The van der Waals surface area contributed by atoms with E-state index in [0.29, 0.717) is 12.8 Å². The molecule has 0 amide bonds. The number of rotatable bonds is 7. The largest absolute Gasteiger partial charge is 0.462 e. The van der Waals surface area contributed by atoms with Crippen LogP contribution < -0.4 is 4.72 Å². The molecule has 0 aliphatic rings. The second-order valence-corrected chi connectivity index (χ2v) is 4.09. The molecule has 0 fully saturated rings. The van der Waals surface area contributed by atoms with Crippen molar-refractivity contribution in [3.8, 4) is 0 Å². The lowest BCUT2D eigenvalue weighted by Gasteiger charge is -2.27. The Morgan fingerprint density at radius 1 is 1.73 bits per heavy atom. The Morgan fingerprint density at radius 3 is 2.73 bits per heavy atom. The molecule has 2 unspecified atom stereocenters. The van der Waals surface area contributed by atoms with E-state index in [1.165, 1.54) is 0 Å². The van der Waals surface area contributed by atoms with Crippen molar-refractivity contribution < 1.29 is 18.3 Å². The molecule has 2 N–H and O–H groups in total. The summed E-state index contributed by atoms with van der Waals surface area (Å²) in [4.78, 5) is 10.7. The third kappa shape index (κ3) is 6.38. The molecule has 5 nitrogen and oxygen atoms in total. The van der Waals surface area contributed by atoms with E-state index in [9.17, 15) is 9.00 Å². The summed E-state index contributed by atoms with van der Waals surface area (Å²) in [6.45, 7) is 7.14. The summed E-state index contributed by atoms with van der Waals surface area (Å²) in [5, 5.41) is 0. The van der Waals surface area contributed by atoms with E-state index in [2.05, 4.69) is 11.3 Å². The van der Waals surface area contributed by atoms with Gasteiger partial charge >= 0.3 is 5.97 Å². The SMILES string of the molecule is C=CC(=O)OCCC(C)(CC)NS(=O)O. The normalized spacial score (nSPS) is 16.5. The Morgan fingerprint density at radius 2 is 2.33 bits per heavy atom. The highest BCUT2D eigenvalue weighted by atomic mass is 32.2. The predicted octanol–water partition coefficient (Wildman–Crippen LogP) is 1.00. The molecule has 88 valence electrons. The minimum absolute atomic E-state index is 0.194. The van der Waals surface area contributed by atoms with Gasteiger partial charge in [-0.05, 0) is 13.3 Å². The Kier molecular flexibility index (Phi) is 6.38. The molecule has 0 aliphatic carbocycles. The number of carbonyl (C=O) groups is 1. The lowest BCUT2D eigenvalue weighted by Crippen LogP contribution is -2.43. The minimum atomic E-state index is -2.06. The lowest BCUT2D eigenvalue weighted by atomic mass is 9.97. The average molecular weight is 235 g/mol. The molecule has 0 aliphatic heterocycles. The number of esters is 1. The number of nitrogens with one attached hydrogen (secondary N) is 1. The molecular weight excluding hydrogens is 218 g/mol. The van der Waals surface area contributed by atoms with Crippen LogP contribution in [-0.2, 0) is 20.8 Å². The third-order valence-electron chi connectivity index (χ3n) is 2.18. The third-order valence-corrected chi connectivity index (χ3v) is 2.85. The van der Waals surface area contributed by atoms with Gasteiger partial charge in [0.15, 0.2) is 0 Å². The highest BCUT2D eigenvalue weighted by Gasteiger charge is 2.23. The highest BCUT2D eigenvalue weighted by molar-refractivity contribution is 7.77. The number of hydrogen-bond donors (Lipinski definition) is 2. The van der Waals surface area contributed by atoms with Crippen LogP contribution in [0.15, 0.2) is 12.7 Å². The summed E-state index contributed by atoms with van der Waals surface area (Å²) >= 11 is -2.06. The molecule has 6 heteroatoms. The molecule has 0 aromatic heterocycles.